The average Bonchev–Trinajstić information content (AvgIpc) is 2.12. The molecule has 0 fully saturated rings. The molecule has 0 aromatic heterocycles. The molecule has 2 heteroatoms. The van der Waals surface area contributed by atoms with Crippen LogP contribution in [0.25, 0.3) is 0 Å². The highest BCUT2D eigenvalue weighted by Crippen LogP contribution is 2.01. The van der Waals surface area contributed by atoms with Gasteiger partial charge in [-0.2, -0.15) is 0 Å². The monoisotopic (exact) mass is 186 g/mol. The molecular weight excluding hydrogens is 160 g/mol. The van der Waals surface area contributed by atoms with Gasteiger partial charge in [0.1, 0.15) is 0 Å². The molecule has 0 aromatic carbocycles. The molecule has 0 saturated carbocycles. The predicted molar refractivity (Wildman–Crippen MR) is 60.2 cm³/mol. The zero-order chi connectivity index (χ0) is 10.1. The van der Waals surface area contributed by atoms with E-state index in [0.717, 1.165) is 0 Å². The fraction of sp³-hybridized carbons (Fsp3) is 1.00. The molecule has 0 rings (SSSR count). The van der Waals surface area contributed by atoms with Crippen molar-refractivity contribution in [2.24, 2.45) is 0 Å². The second-order valence-electron chi connectivity index (χ2n) is 3.99. The minimum atomic E-state index is 0.677. The van der Waals surface area contributed by atoms with Crippen LogP contribution in [0.3, 0.4) is 0 Å². The zero-order valence-electron chi connectivity index (χ0n) is 9.77. The summed E-state index contributed by atoms with van der Waals surface area (Å²) >= 11 is 0. The van der Waals surface area contributed by atoms with Gasteiger partial charge in [-0.05, 0) is 53.4 Å². The summed E-state index contributed by atoms with van der Waals surface area (Å²) in [6, 6.07) is 0.677. The van der Waals surface area contributed by atoms with E-state index < -0.39 is 0 Å². The van der Waals surface area contributed by atoms with Crippen LogP contribution in [0.2, 0.25) is 0 Å². The van der Waals surface area contributed by atoms with Crippen molar-refractivity contribution >= 4 is 0 Å². The second kappa shape index (κ2) is 8.52. The van der Waals surface area contributed by atoms with Gasteiger partial charge >= 0.3 is 0 Å². The van der Waals surface area contributed by atoms with Crippen molar-refractivity contribution < 1.29 is 0 Å². The Kier molecular flexibility index (Phi) is 8.46. The van der Waals surface area contributed by atoms with Crippen molar-refractivity contribution in [2.75, 3.05) is 27.2 Å². The molecule has 0 aliphatic rings. The highest BCUT2D eigenvalue weighted by Gasteiger charge is 1.99. The van der Waals surface area contributed by atoms with Crippen LogP contribution in [0.4, 0.5) is 0 Å². The normalized spacial score (nSPS) is 13.6. The molecule has 1 N–H and O–H groups in total. The molecule has 0 aromatic rings. The molecule has 0 saturated heterocycles. The Morgan fingerprint density at radius 2 is 1.92 bits per heavy atom. The Hall–Kier alpha value is -0.0800. The van der Waals surface area contributed by atoms with Gasteiger partial charge in [-0.25, -0.2) is 0 Å². The predicted octanol–water partition coefficient (Wildman–Crippen LogP) is 2.11. The molecule has 0 amide bonds. The van der Waals surface area contributed by atoms with E-state index >= 15 is 0 Å². The number of nitrogens with zero attached hydrogens (tertiary/aromatic N) is 1. The largest absolute Gasteiger partial charge is 0.317 e. The first kappa shape index (κ1) is 12.9. The molecule has 0 bridgehead atoms. The van der Waals surface area contributed by atoms with Crippen LogP contribution < -0.4 is 5.32 Å². The molecule has 0 radical (unpaired) electrons. The molecule has 13 heavy (non-hydrogen) atoms. The number of hydrogen-bond donors (Lipinski definition) is 1. The lowest BCUT2D eigenvalue weighted by Crippen LogP contribution is -2.23. The van der Waals surface area contributed by atoms with Gasteiger partial charge in [-0.3, -0.25) is 0 Å². The molecular formula is C11H26N2. The average molecular weight is 186 g/mol. The van der Waals surface area contributed by atoms with Gasteiger partial charge in [-0.1, -0.05) is 13.3 Å². The number of unbranched alkanes of at least 4 members (excludes halogenated alkanes) is 1. The van der Waals surface area contributed by atoms with Crippen molar-refractivity contribution in [3.63, 3.8) is 0 Å². The van der Waals surface area contributed by atoms with Crippen LogP contribution in [0, 0.1) is 0 Å². The van der Waals surface area contributed by atoms with Gasteiger partial charge in [0.2, 0.25) is 0 Å². The zero-order valence-corrected chi connectivity index (χ0v) is 9.77. The summed E-state index contributed by atoms with van der Waals surface area (Å²) in [4.78, 5) is 2.42. The van der Waals surface area contributed by atoms with Gasteiger partial charge in [0.05, 0.1) is 0 Å². The Morgan fingerprint density at radius 3 is 2.46 bits per heavy atom. The quantitative estimate of drug-likeness (QED) is 0.584. The third-order valence-corrected chi connectivity index (χ3v) is 2.53. The lowest BCUT2D eigenvalue weighted by molar-refractivity contribution is 0.322. The van der Waals surface area contributed by atoms with Crippen molar-refractivity contribution in [3.8, 4) is 0 Å². The highest BCUT2D eigenvalue weighted by atomic mass is 15.1. The van der Waals surface area contributed by atoms with Crippen LogP contribution in [0.15, 0.2) is 0 Å². The molecule has 1 atom stereocenters. The molecule has 0 aliphatic carbocycles. The third-order valence-electron chi connectivity index (χ3n) is 2.53. The summed E-state index contributed by atoms with van der Waals surface area (Å²) in [7, 11) is 4.25. The summed E-state index contributed by atoms with van der Waals surface area (Å²) in [5, 5.41) is 3.26. The van der Waals surface area contributed by atoms with E-state index in [-0.39, 0.29) is 0 Å². The van der Waals surface area contributed by atoms with Crippen LogP contribution in [0.1, 0.15) is 39.5 Å². The summed E-state index contributed by atoms with van der Waals surface area (Å²) in [6.07, 6.45) is 5.25. The second-order valence-corrected chi connectivity index (χ2v) is 3.99. The van der Waals surface area contributed by atoms with E-state index in [1.807, 2.05) is 7.05 Å². The Bertz CT molecular complexity index is 104. The van der Waals surface area contributed by atoms with Crippen molar-refractivity contribution in [1.29, 1.82) is 0 Å². The van der Waals surface area contributed by atoms with E-state index in [1.165, 1.54) is 38.8 Å². The maximum Gasteiger partial charge on any atom is 0.00357 e. The van der Waals surface area contributed by atoms with E-state index in [2.05, 4.69) is 31.1 Å². The molecule has 1 unspecified atom stereocenters. The fourth-order valence-electron chi connectivity index (χ4n) is 1.47. The van der Waals surface area contributed by atoms with Crippen LogP contribution in [-0.2, 0) is 0 Å². The van der Waals surface area contributed by atoms with Crippen molar-refractivity contribution in [2.45, 2.75) is 45.6 Å². The van der Waals surface area contributed by atoms with Gasteiger partial charge in [0, 0.05) is 6.04 Å². The molecule has 0 spiro atoms. The topological polar surface area (TPSA) is 15.3 Å². The van der Waals surface area contributed by atoms with Gasteiger partial charge < -0.3 is 10.2 Å². The third kappa shape index (κ3) is 8.26. The number of hydrogen-bond acceptors (Lipinski definition) is 2. The number of rotatable bonds is 8. The lowest BCUT2D eigenvalue weighted by atomic mass is 10.1. The van der Waals surface area contributed by atoms with Crippen LogP contribution >= 0.6 is 0 Å². The summed E-state index contributed by atoms with van der Waals surface area (Å²) in [6.45, 7) is 6.97. The standard InChI is InChI=1S/C11H26N2/c1-5-9-13(4)10-7-6-8-11(2)12-3/h11-12H,5-10H2,1-4H3. The first-order valence-corrected chi connectivity index (χ1v) is 5.56. The summed E-state index contributed by atoms with van der Waals surface area (Å²) in [5.41, 5.74) is 0. The first-order chi connectivity index (χ1) is 6.20. The first-order valence-electron chi connectivity index (χ1n) is 5.56. The van der Waals surface area contributed by atoms with E-state index in [9.17, 15) is 0 Å². The minimum Gasteiger partial charge on any atom is -0.317 e. The maximum atomic E-state index is 3.26. The van der Waals surface area contributed by atoms with E-state index in [4.69, 9.17) is 0 Å². The van der Waals surface area contributed by atoms with Crippen LogP contribution in [0.5, 0.6) is 0 Å². The summed E-state index contributed by atoms with van der Waals surface area (Å²) in [5.74, 6) is 0. The summed E-state index contributed by atoms with van der Waals surface area (Å²) < 4.78 is 0. The smallest absolute Gasteiger partial charge is 0.00357 e. The Labute approximate surface area is 83.7 Å². The number of nitrogens with one attached hydrogen (secondary N) is 1. The highest BCUT2D eigenvalue weighted by molar-refractivity contribution is 4.58. The van der Waals surface area contributed by atoms with Gasteiger partial charge in [0.25, 0.3) is 0 Å². The SMILES string of the molecule is CCCN(C)CCCCC(C)NC. The lowest BCUT2D eigenvalue weighted by Gasteiger charge is -2.15. The molecule has 0 aliphatic heterocycles. The Balaban J connectivity index is 3.15. The Morgan fingerprint density at radius 1 is 1.23 bits per heavy atom. The van der Waals surface area contributed by atoms with Gasteiger partial charge in [0.15, 0.2) is 0 Å². The van der Waals surface area contributed by atoms with E-state index in [1.54, 1.807) is 0 Å². The molecule has 0 heterocycles. The fourth-order valence-corrected chi connectivity index (χ4v) is 1.47. The maximum absolute atomic E-state index is 3.26. The molecule has 80 valence electrons. The van der Waals surface area contributed by atoms with Crippen molar-refractivity contribution in [1.82, 2.24) is 10.2 Å². The molecule has 2 nitrogen and oxygen atoms in total. The van der Waals surface area contributed by atoms with Crippen LogP contribution in [-0.4, -0.2) is 38.1 Å². The minimum absolute atomic E-state index is 0.677. The van der Waals surface area contributed by atoms with E-state index in [0.29, 0.717) is 6.04 Å². The van der Waals surface area contributed by atoms with Crippen molar-refractivity contribution in [3.05, 3.63) is 0 Å². The van der Waals surface area contributed by atoms with Gasteiger partial charge in [-0.15, -0.1) is 0 Å².